The second-order valence-corrected chi connectivity index (χ2v) is 6.35. The topological polar surface area (TPSA) is 63.1 Å². The normalized spacial score (nSPS) is 10.9. The number of urea groups is 1. The summed E-state index contributed by atoms with van der Waals surface area (Å²) < 4.78 is 2.08. The lowest BCUT2D eigenvalue weighted by Crippen LogP contribution is -2.36. The van der Waals surface area contributed by atoms with Crippen LogP contribution in [0, 0.1) is 5.92 Å². The van der Waals surface area contributed by atoms with Gasteiger partial charge in [-0.15, -0.1) is 11.3 Å². The third-order valence-corrected chi connectivity index (χ3v) is 3.75. The molecule has 6 nitrogen and oxygen atoms in total. The molecule has 2 aromatic rings. The Labute approximate surface area is 128 Å². The second-order valence-electron chi connectivity index (χ2n) is 5.37. The first-order valence-electron chi connectivity index (χ1n) is 6.92. The molecule has 2 rings (SSSR count). The van der Waals surface area contributed by atoms with E-state index in [2.05, 4.69) is 33.7 Å². The summed E-state index contributed by atoms with van der Waals surface area (Å²) >= 11 is 1.55. The van der Waals surface area contributed by atoms with Crippen molar-refractivity contribution in [2.24, 2.45) is 5.92 Å². The van der Waals surface area contributed by atoms with Crippen molar-refractivity contribution < 1.29 is 4.79 Å². The number of imidazole rings is 1. The van der Waals surface area contributed by atoms with Crippen LogP contribution in [0.1, 0.15) is 24.5 Å². The van der Waals surface area contributed by atoms with Crippen molar-refractivity contribution in [2.45, 2.75) is 33.5 Å². The summed E-state index contributed by atoms with van der Waals surface area (Å²) in [6.45, 7) is 6.22. The zero-order valence-corrected chi connectivity index (χ0v) is 13.4. The molecule has 0 saturated carbocycles. The predicted octanol–water partition coefficient (Wildman–Crippen LogP) is 2.34. The highest BCUT2D eigenvalue weighted by atomic mass is 32.1. The van der Waals surface area contributed by atoms with Crippen molar-refractivity contribution in [2.75, 3.05) is 7.05 Å². The van der Waals surface area contributed by atoms with Crippen LogP contribution in [0.15, 0.2) is 24.1 Å². The van der Waals surface area contributed by atoms with Gasteiger partial charge < -0.3 is 14.8 Å². The number of aromatic nitrogens is 3. The van der Waals surface area contributed by atoms with Crippen molar-refractivity contribution in [3.05, 3.63) is 34.8 Å². The van der Waals surface area contributed by atoms with Gasteiger partial charge in [-0.1, -0.05) is 13.8 Å². The molecule has 0 unspecified atom stereocenters. The Balaban J connectivity index is 1.84. The number of hydrogen-bond acceptors (Lipinski definition) is 4. The standard InChI is InChI=1S/C14H21N5OS/c1-11(2)8-19-10-15-6-12(19)7-17-14(20)18(3)9-13-16-4-5-21-13/h4-6,10-11H,7-9H2,1-3H3,(H,17,20). The molecule has 0 bridgehead atoms. The number of carbonyl (C=O) groups is 1. The van der Waals surface area contributed by atoms with Crippen molar-refractivity contribution in [1.82, 2.24) is 24.8 Å². The number of thiazole rings is 1. The molecule has 0 saturated heterocycles. The van der Waals surface area contributed by atoms with Crippen molar-refractivity contribution in [3.63, 3.8) is 0 Å². The van der Waals surface area contributed by atoms with Gasteiger partial charge in [-0.05, 0) is 5.92 Å². The first-order chi connectivity index (χ1) is 10.1. The van der Waals surface area contributed by atoms with E-state index in [4.69, 9.17) is 0 Å². The summed E-state index contributed by atoms with van der Waals surface area (Å²) in [5, 5.41) is 5.75. The molecule has 1 N–H and O–H groups in total. The van der Waals surface area contributed by atoms with E-state index in [1.54, 1.807) is 42.0 Å². The highest BCUT2D eigenvalue weighted by Crippen LogP contribution is 2.08. The summed E-state index contributed by atoms with van der Waals surface area (Å²) in [4.78, 5) is 22.0. The monoisotopic (exact) mass is 307 g/mol. The van der Waals surface area contributed by atoms with Crippen LogP contribution in [-0.2, 0) is 19.6 Å². The zero-order valence-electron chi connectivity index (χ0n) is 12.6. The molecule has 7 heteroatoms. The average molecular weight is 307 g/mol. The van der Waals surface area contributed by atoms with Gasteiger partial charge in [0.1, 0.15) is 5.01 Å². The number of nitrogens with zero attached hydrogens (tertiary/aromatic N) is 4. The van der Waals surface area contributed by atoms with Crippen LogP contribution in [0.3, 0.4) is 0 Å². The lowest BCUT2D eigenvalue weighted by molar-refractivity contribution is 0.206. The van der Waals surface area contributed by atoms with Gasteiger partial charge in [-0.25, -0.2) is 14.8 Å². The first kappa shape index (κ1) is 15.5. The van der Waals surface area contributed by atoms with Gasteiger partial charge in [-0.2, -0.15) is 0 Å². The van der Waals surface area contributed by atoms with E-state index in [0.29, 0.717) is 19.0 Å². The van der Waals surface area contributed by atoms with Crippen molar-refractivity contribution in [3.8, 4) is 0 Å². The van der Waals surface area contributed by atoms with E-state index in [1.807, 2.05) is 5.38 Å². The summed E-state index contributed by atoms with van der Waals surface area (Å²) in [5.41, 5.74) is 1.01. The van der Waals surface area contributed by atoms with Gasteiger partial charge in [0.2, 0.25) is 0 Å². The Hall–Kier alpha value is -1.89. The minimum atomic E-state index is -0.109. The van der Waals surface area contributed by atoms with Crippen LogP contribution in [0.4, 0.5) is 4.79 Å². The highest BCUT2D eigenvalue weighted by Gasteiger charge is 2.11. The van der Waals surface area contributed by atoms with Crippen molar-refractivity contribution in [1.29, 1.82) is 0 Å². The number of hydrogen-bond donors (Lipinski definition) is 1. The molecule has 0 radical (unpaired) electrons. The maximum atomic E-state index is 12.1. The average Bonchev–Trinajstić information content (AvgIpc) is 3.07. The van der Waals surface area contributed by atoms with E-state index in [-0.39, 0.29) is 6.03 Å². The molecule has 0 aromatic carbocycles. The fourth-order valence-electron chi connectivity index (χ4n) is 1.96. The van der Waals surface area contributed by atoms with E-state index < -0.39 is 0 Å². The molecule has 0 atom stereocenters. The van der Waals surface area contributed by atoms with Crippen LogP contribution in [0.5, 0.6) is 0 Å². The molecule has 21 heavy (non-hydrogen) atoms. The van der Waals surface area contributed by atoms with Gasteiger partial charge in [-0.3, -0.25) is 0 Å². The molecule has 114 valence electrons. The second kappa shape index (κ2) is 7.21. The maximum Gasteiger partial charge on any atom is 0.317 e. The molecule has 0 spiro atoms. The molecule has 0 aliphatic carbocycles. The van der Waals surface area contributed by atoms with Crippen molar-refractivity contribution >= 4 is 17.4 Å². The third-order valence-electron chi connectivity index (χ3n) is 2.98. The fourth-order valence-corrected chi connectivity index (χ4v) is 2.63. The third kappa shape index (κ3) is 4.56. The van der Waals surface area contributed by atoms with E-state index in [0.717, 1.165) is 17.2 Å². The molecule has 2 aromatic heterocycles. The predicted molar refractivity (Wildman–Crippen MR) is 82.9 cm³/mol. The van der Waals surface area contributed by atoms with E-state index in [9.17, 15) is 4.79 Å². The number of amides is 2. The summed E-state index contributed by atoms with van der Waals surface area (Å²) in [7, 11) is 1.77. The number of nitrogens with one attached hydrogen (secondary N) is 1. The molecular formula is C14H21N5OS. The number of carbonyl (C=O) groups excluding carboxylic acids is 1. The van der Waals surface area contributed by atoms with Crippen LogP contribution in [0.25, 0.3) is 0 Å². The Bertz CT molecular complexity index is 564. The summed E-state index contributed by atoms with van der Waals surface area (Å²) in [6, 6.07) is -0.109. The lowest BCUT2D eigenvalue weighted by Gasteiger charge is -2.17. The largest absolute Gasteiger partial charge is 0.333 e. The molecular weight excluding hydrogens is 286 g/mol. The smallest absolute Gasteiger partial charge is 0.317 e. The lowest BCUT2D eigenvalue weighted by atomic mass is 10.2. The van der Waals surface area contributed by atoms with Crippen LogP contribution in [0.2, 0.25) is 0 Å². The first-order valence-corrected chi connectivity index (χ1v) is 7.80. The Morgan fingerprint density at radius 3 is 3.00 bits per heavy atom. The molecule has 2 heterocycles. The van der Waals surface area contributed by atoms with Crippen LogP contribution >= 0.6 is 11.3 Å². The SMILES string of the molecule is CC(C)Cn1cncc1CNC(=O)N(C)Cc1nccs1. The fraction of sp³-hybridized carbons (Fsp3) is 0.500. The van der Waals surface area contributed by atoms with Crippen LogP contribution in [-0.4, -0.2) is 32.5 Å². The van der Waals surface area contributed by atoms with Gasteiger partial charge in [0.25, 0.3) is 0 Å². The van der Waals surface area contributed by atoms with Gasteiger partial charge in [0.05, 0.1) is 25.1 Å². The van der Waals surface area contributed by atoms with E-state index in [1.165, 1.54) is 0 Å². The Kier molecular flexibility index (Phi) is 5.32. The minimum Gasteiger partial charge on any atom is -0.333 e. The number of rotatable bonds is 6. The highest BCUT2D eigenvalue weighted by molar-refractivity contribution is 7.09. The van der Waals surface area contributed by atoms with Gasteiger partial charge in [0, 0.05) is 31.4 Å². The minimum absolute atomic E-state index is 0.109. The Morgan fingerprint density at radius 1 is 1.52 bits per heavy atom. The molecule has 0 aliphatic rings. The molecule has 2 amide bonds. The molecule has 0 fully saturated rings. The van der Waals surface area contributed by atoms with Gasteiger partial charge >= 0.3 is 6.03 Å². The van der Waals surface area contributed by atoms with E-state index >= 15 is 0 Å². The summed E-state index contributed by atoms with van der Waals surface area (Å²) in [5.74, 6) is 0.543. The Morgan fingerprint density at radius 2 is 2.33 bits per heavy atom. The van der Waals surface area contributed by atoms with Gasteiger partial charge in [0.15, 0.2) is 0 Å². The molecule has 0 aliphatic heterocycles. The zero-order chi connectivity index (χ0) is 15.2. The maximum absolute atomic E-state index is 12.1. The van der Waals surface area contributed by atoms with Crippen LogP contribution < -0.4 is 5.32 Å². The summed E-state index contributed by atoms with van der Waals surface area (Å²) in [6.07, 6.45) is 5.35. The quantitative estimate of drug-likeness (QED) is 0.891.